The summed E-state index contributed by atoms with van der Waals surface area (Å²) in [6.45, 7) is 3.87. The van der Waals surface area contributed by atoms with Gasteiger partial charge in [0.2, 0.25) is 23.2 Å². The Kier molecular flexibility index (Phi) is 5.82. The van der Waals surface area contributed by atoms with Crippen molar-refractivity contribution in [1.82, 2.24) is 15.2 Å². The van der Waals surface area contributed by atoms with E-state index in [9.17, 15) is 4.79 Å². The Bertz CT molecular complexity index is 1060. The van der Waals surface area contributed by atoms with E-state index in [2.05, 4.69) is 31.1 Å². The van der Waals surface area contributed by atoms with Crippen molar-refractivity contribution in [2.24, 2.45) is 0 Å². The number of aromatic nitrogens is 3. The third-order valence-electron chi connectivity index (χ3n) is 4.53. The molecule has 3 aromatic rings. The fourth-order valence-corrected chi connectivity index (χ4v) is 4.21. The minimum atomic E-state index is -0.684. The number of carbonyl (C=O) groups is 1. The second-order valence-electron chi connectivity index (χ2n) is 6.31. The lowest BCUT2D eigenvalue weighted by Crippen LogP contribution is -2.37. The van der Waals surface area contributed by atoms with Crippen molar-refractivity contribution >= 4 is 39.3 Å². The number of benzene rings is 2. The Morgan fingerprint density at radius 1 is 1.14 bits per heavy atom. The van der Waals surface area contributed by atoms with Crippen molar-refractivity contribution in [3.05, 3.63) is 58.6 Å². The van der Waals surface area contributed by atoms with Crippen molar-refractivity contribution in [3.8, 4) is 17.1 Å². The van der Waals surface area contributed by atoms with Crippen molar-refractivity contribution < 1.29 is 9.53 Å². The standard InChI is InChI=1S/C21H19BrN4O2S/c1-3-17(27)26-16-12-8-6-10-14(16)18-19(23-21(25-24-18)29-4-2)28-20(26)13-9-5-7-11-15(13)22/h5-12,20H,3-4H2,1-2H3. The monoisotopic (exact) mass is 470 g/mol. The number of hydrogen-bond acceptors (Lipinski definition) is 6. The predicted octanol–water partition coefficient (Wildman–Crippen LogP) is 5.25. The molecule has 29 heavy (non-hydrogen) atoms. The minimum Gasteiger partial charge on any atom is -0.447 e. The van der Waals surface area contributed by atoms with Gasteiger partial charge in [0.25, 0.3) is 0 Å². The van der Waals surface area contributed by atoms with E-state index in [1.165, 1.54) is 11.8 Å². The molecule has 0 N–H and O–H groups in total. The summed E-state index contributed by atoms with van der Waals surface area (Å²) in [5, 5.41) is 9.18. The number of ether oxygens (including phenoxy) is 1. The second-order valence-corrected chi connectivity index (χ2v) is 8.39. The average molecular weight is 471 g/mol. The van der Waals surface area contributed by atoms with E-state index < -0.39 is 6.23 Å². The van der Waals surface area contributed by atoms with Crippen LogP contribution in [-0.4, -0.2) is 26.8 Å². The van der Waals surface area contributed by atoms with Gasteiger partial charge in [-0.2, -0.15) is 4.98 Å². The second kappa shape index (κ2) is 8.51. The fraction of sp³-hybridized carbons (Fsp3) is 0.238. The van der Waals surface area contributed by atoms with Gasteiger partial charge in [0, 0.05) is 22.0 Å². The Labute approximate surface area is 181 Å². The van der Waals surface area contributed by atoms with Crippen LogP contribution in [0, 0.1) is 0 Å². The molecule has 4 rings (SSSR count). The molecular weight excluding hydrogens is 452 g/mol. The topological polar surface area (TPSA) is 68.2 Å². The molecule has 1 aromatic heterocycles. The van der Waals surface area contributed by atoms with Crippen LogP contribution >= 0.6 is 27.7 Å². The average Bonchev–Trinajstić information content (AvgIpc) is 2.88. The number of rotatable bonds is 4. The van der Waals surface area contributed by atoms with Gasteiger partial charge in [-0.15, -0.1) is 10.2 Å². The molecule has 6 nitrogen and oxygen atoms in total. The van der Waals surface area contributed by atoms with Crippen LogP contribution in [-0.2, 0) is 4.79 Å². The number of hydrogen-bond donors (Lipinski definition) is 0. The number of amides is 1. The van der Waals surface area contributed by atoms with Crippen molar-refractivity contribution in [3.63, 3.8) is 0 Å². The van der Waals surface area contributed by atoms with Gasteiger partial charge < -0.3 is 4.74 Å². The zero-order chi connectivity index (χ0) is 20.4. The molecule has 0 spiro atoms. The molecule has 1 aliphatic heterocycles. The van der Waals surface area contributed by atoms with E-state index in [-0.39, 0.29) is 5.91 Å². The highest BCUT2D eigenvalue weighted by atomic mass is 79.9. The lowest BCUT2D eigenvalue weighted by Gasteiger charge is -2.31. The van der Waals surface area contributed by atoms with Crippen LogP contribution < -0.4 is 9.64 Å². The van der Waals surface area contributed by atoms with Gasteiger partial charge >= 0.3 is 0 Å². The van der Waals surface area contributed by atoms with Gasteiger partial charge in [-0.3, -0.25) is 9.69 Å². The van der Waals surface area contributed by atoms with Crippen LogP contribution in [0.4, 0.5) is 5.69 Å². The lowest BCUT2D eigenvalue weighted by atomic mass is 10.1. The number of para-hydroxylation sites is 1. The molecule has 148 valence electrons. The van der Waals surface area contributed by atoms with E-state index in [4.69, 9.17) is 4.74 Å². The molecule has 1 unspecified atom stereocenters. The summed E-state index contributed by atoms with van der Waals surface area (Å²) in [6, 6.07) is 15.4. The smallest absolute Gasteiger partial charge is 0.247 e. The molecule has 1 atom stereocenters. The summed E-state index contributed by atoms with van der Waals surface area (Å²) < 4.78 is 7.23. The quantitative estimate of drug-likeness (QED) is 0.485. The van der Waals surface area contributed by atoms with Crippen LogP contribution in [0.3, 0.4) is 0 Å². The maximum atomic E-state index is 13.1. The molecule has 2 heterocycles. The third-order valence-corrected chi connectivity index (χ3v) is 5.97. The minimum absolute atomic E-state index is 0.0536. The molecule has 8 heteroatoms. The van der Waals surface area contributed by atoms with E-state index in [0.29, 0.717) is 23.2 Å². The van der Waals surface area contributed by atoms with Gasteiger partial charge in [0.1, 0.15) is 0 Å². The fourth-order valence-electron chi connectivity index (χ4n) is 3.22. The zero-order valence-electron chi connectivity index (χ0n) is 16.0. The first-order valence-electron chi connectivity index (χ1n) is 9.34. The third kappa shape index (κ3) is 3.74. The molecule has 1 amide bonds. The van der Waals surface area contributed by atoms with Gasteiger partial charge in [-0.05, 0) is 17.9 Å². The molecule has 0 aliphatic carbocycles. The number of carbonyl (C=O) groups excluding carboxylic acids is 1. The Balaban J connectivity index is 1.97. The van der Waals surface area contributed by atoms with Crippen LogP contribution in [0.1, 0.15) is 32.1 Å². The van der Waals surface area contributed by atoms with Crippen LogP contribution in [0.2, 0.25) is 0 Å². The normalized spacial score (nSPS) is 15.1. The molecule has 1 aliphatic rings. The summed E-state index contributed by atoms with van der Waals surface area (Å²) in [6.07, 6.45) is -0.345. The van der Waals surface area contributed by atoms with Crippen LogP contribution in [0.15, 0.2) is 58.2 Å². The van der Waals surface area contributed by atoms with Crippen molar-refractivity contribution in [2.75, 3.05) is 10.7 Å². The highest BCUT2D eigenvalue weighted by Gasteiger charge is 2.36. The molecule has 0 bridgehead atoms. The summed E-state index contributed by atoms with van der Waals surface area (Å²) in [5.41, 5.74) is 2.86. The predicted molar refractivity (Wildman–Crippen MR) is 117 cm³/mol. The van der Waals surface area contributed by atoms with Crippen molar-refractivity contribution in [1.29, 1.82) is 0 Å². The zero-order valence-corrected chi connectivity index (χ0v) is 18.4. The van der Waals surface area contributed by atoms with E-state index in [1.54, 1.807) is 4.90 Å². The summed E-state index contributed by atoms with van der Waals surface area (Å²) in [7, 11) is 0. The molecule has 0 fully saturated rings. The van der Waals surface area contributed by atoms with Crippen LogP contribution in [0.5, 0.6) is 5.88 Å². The van der Waals surface area contributed by atoms with Crippen molar-refractivity contribution in [2.45, 2.75) is 31.7 Å². The van der Waals surface area contributed by atoms with Gasteiger partial charge in [-0.1, -0.05) is 77.9 Å². The molecule has 2 aromatic carbocycles. The summed E-state index contributed by atoms with van der Waals surface area (Å²) in [5.74, 6) is 1.14. The number of halogens is 1. The first-order valence-corrected chi connectivity index (χ1v) is 11.1. The van der Waals surface area contributed by atoms with Gasteiger partial charge in [0.05, 0.1) is 5.69 Å². The van der Waals surface area contributed by atoms with E-state index in [1.807, 2.05) is 62.4 Å². The number of thioether (sulfide) groups is 1. The van der Waals surface area contributed by atoms with Gasteiger partial charge in [0.15, 0.2) is 5.69 Å². The largest absolute Gasteiger partial charge is 0.447 e. The highest BCUT2D eigenvalue weighted by molar-refractivity contribution is 9.10. The first kappa shape index (κ1) is 19.8. The number of nitrogens with zero attached hydrogens (tertiary/aromatic N) is 4. The molecule has 0 saturated heterocycles. The van der Waals surface area contributed by atoms with Crippen LogP contribution in [0.25, 0.3) is 11.3 Å². The SMILES string of the molecule is CCSc1nnc2c(n1)OC(c1ccccc1Br)N(C(=O)CC)c1ccccc1-2. The Morgan fingerprint density at radius 3 is 2.66 bits per heavy atom. The number of anilines is 1. The summed E-state index contributed by atoms with van der Waals surface area (Å²) in [4.78, 5) is 19.4. The number of fused-ring (bicyclic) bond motifs is 3. The van der Waals surface area contributed by atoms with E-state index >= 15 is 0 Å². The maximum Gasteiger partial charge on any atom is 0.247 e. The Hall–Kier alpha value is -2.45. The summed E-state index contributed by atoms with van der Waals surface area (Å²) >= 11 is 5.10. The molecular formula is C21H19BrN4O2S. The Morgan fingerprint density at radius 2 is 1.90 bits per heavy atom. The lowest BCUT2D eigenvalue weighted by molar-refractivity contribution is -0.120. The highest BCUT2D eigenvalue weighted by Crippen LogP contribution is 2.44. The molecule has 0 radical (unpaired) electrons. The van der Waals surface area contributed by atoms with E-state index in [0.717, 1.165) is 27.0 Å². The molecule has 0 saturated carbocycles. The maximum absolute atomic E-state index is 13.1. The first-order chi connectivity index (χ1) is 14.1. The van der Waals surface area contributed by atoms with Gasteiger partial charge in [-0.25, -0.2) is 0 Å².